The molecule has 0 atom stereocenters. The number of hydrogen-bond acceptors (Lipinski definition) is 15. The zero-order valence-electron chi connectivity index (χ0n) is 31.5. The van der Waals surface area contributed by atoms with Gasteiger partial charge in [-0.1, -0.05) is 30.3 Å². The minimum absolute atomic E-state index is 0. The van der Waals surface area contributed by atoms with Crippen LogP contribution in [0.25, 0.3) is 105 Å². The maximum absolute atomic E-state index is 13.7. The fraction of sp³-hybridized carbons (Fsp3) is 0. The van der Waals surface area contributed by atoms with Crippen molar-refractivity contribution in [1.29, 1.82) is 0 Å². The Morgan fingerprint density at radius 1 is 0.438 bits per heavy atom. The first-order chi connectivity index (χ1) is 29.7. The number of sulfonamides is 4. The molecule has 0 spiro atoms. The Hall–Kier alpha value is -6.74. The Bertz CT molecular complexity index is 4000. The number of nitrogens with one attached hydrogen (secondary N) is 4. The van der Waals surface area contributed by atoms with Crippen LogP contribution in [0, 0.1) is 0 Å². The van der Waals surface area contributed by atoms with E-state index in [2.05, 4.69) is 39.6 Å². The molecule has 0 unspecified atom stereocenters. The second-order valence-corrected chi connectivity index (χ2v) is 20.1. The normalized spacial score (nSPS) is 12.7. The minimum Gasteiger partial charge on any atom is -0.560 e. The van der Waals surface area contributed by atoms with Crippen LogP contribution in [0.1, 0.15) is 0 Å². The van der Waals surface area contributed by atoms with Crippen molar-refractivity contribution in [3.63, 3.8) is 0 Å². The number of fused-ring (bicyclic) bond motifs is 20. The predicted molar refractivity (Wildman–Crippen MR) is 227 cm³/mol. The van der Waals surface area contributed by atoms with Crippen molar-refractivity contribution in [2.45, 2.75) is 19.6 Å². The molecule has 0 amide bonds. The van der Waals surface area contributed by atoms with Gasteiger partial charge in [-0.3, -0.25) is 4.72 Å². The largest absolute Gasteiger partial charge is 2.00 e. The number of phenolic OH excluding ortho intramolecular Hbond substituents is 1. The van der Waals surface area contributed by atoms with E-state index in [1.807, 2.05) is 0 Å². The maximum atomic E-state index is 13.7. The molecule has 5 N–H and O–H groups in total. The number of anilines is 1. The minimum atomic E-state index is -4.51. The van der Waals surface area contributed by atoms with Gasteiger partial charge in [0.1, 0.15) is 5.75 Å². The number of aromatic hydroxyl groups is 1. The van der Waals surface area contributed by atoms with Crippen molar-refractivity contribution in [1.82, 2.24) is 39.9 Å². The Labute approximate surface area is 371 Å². The molecule has 64 heavy (non-hydrogen) atoms. The quantitative estimate of drug-likeness (QED) is 0.184. The third kappa shape index (κ3) is 7.40. The summed E-state index contributed by atoms with van der Waals surface area (Å²) in [5.41, 5.74) is 0.238. The van der Waals surface area contributed by atoms with Gasteiger partial charge in [-0.2, -0.15) is 0 Å². The molecule has 2 aliphatic rings. The van der Waals surface area contributed by atoms with Crippen LogP contribution in [-0.2, 0) is 57.2 Å². The number of phenols is 1. The van der Waals surface area contributed by atoms with E-state index in [0.29, 0.717) is 0 Å². The van der Waals surface area contributed by atoms with Crippen LogP contribution in [0.4, 0.5) is 5.69 Å². The van der Waals surface area contributed by atoms with Gasteiger partial charge in [-0.15, -0.1) is 0 Å². The molecule has 3 aromatic heterocycles. The summed E-state index contributed by atoms with van der Waals surface area (Å²) in [6, 6.07) is 20.4. The van der Waals surface area contributed by atoms with Crippen LogP contribution < -0.4 is 14.7 Å². The first-order valence-electron chi connectivity index (χ1n) is 17.8. The van der Waals surface area contributed by atoms with E-state index in [1.165, 1.54) is 72.8 Å². The summed E-state index contributed by atoms with van der Waals surface area (Å²) in [4.78, 5) is 35.6. The molecule has 5 heterocycles. The van der Waals surface area contributed by atoms with Crippen LogP contribution >= 0.6 is 0 Å². The van der Waals surface area contributed by atoms with Gasteiger partial charge in [0.15, 0.2) is 0 Å². The molecule has 8 aromatic rings. The van der Waals surface area contributed by atoms with Crippen molar-refractivity contribution in [2.24, 2.45) is 0 Å². The van der Waals surface area contributed by atoms with Crippen LogP contribution in [0.15, 0.2) is 117 Å². The SMILES string of the molecule is [Cu+2].[NH-]S(=O)(=O)c1ccc2c(c1)-c1nc-2nc2[n-]c(nc3nc(nc4[n-]c(n1)c1ccc(S([NH-])(=O)=O)cc41)-c1ccc(S([NH-])(=O)=O)cc1-3)c1ccc(S(=O)(=O)Nc3cccc(O)c3)cc21. The summed E-state index contributed by atoms with van der Waals surface area (Å²) in [6.07, 6.45) is 0. The summed E-state index contributed by atoms with van der Waals surface area (Å²) in [7, 11) is -17.9. The van der Waals surface area contributed by atoms with Crippen LogP contribution in [0.2, 0.25) is 0 Å². The third-order valence-corrected chi connectivity index (χ3v) is 13.9. The summed E-state index contributed by atoms with van der Waals surface area (Å²) in [5, 5.41) is 33.8. The number of benzene rings is 5. The monoisotopic (exact) mass is 980 g/mol. The number of nitrogens with zero attached hydrogens (tertiary/aromatic N) is 8. The molecule has 2 aliphatic heterocycles. The summed E-state index contributed by atoms with van der Waals surface area (Å²) >= 11 is 0. The number of hydrogen-bond donors (Lipinski definition) is 2. The molecule has 21 nitrogen and oxygen atoms in total. The standard InChI is InChI=1S/C38H21N12O9S4.Cu/c39-60(52,53)19-4-8-23-27(13-19)35-42-31(23)44-36-29-15-21(62(41,56)57)6-10-25(29)33(46-36)48-38-30-16-22(63(58,59)50-17-2-1-3-18(51)12-17)7-11-26(30)34(49-38)47-37-28-14-20(61(40,54)55)5-9-24(28)32(43-35)45-37;/h1-16,50H,(H4-5,39,40,41,42,43,44,45,46,47,48,49,51,52,53,54,55,56,57);/q-5;+2. The molecular weight excluding hydrogens is 960 g/mol. The second kappa shape index (κ2) is 14.7. The first-order valence-corrected chi connectivity index (χ1v) is 23.7. The third-order valence-electron chi connectivity index (χ3n) is 9.93. The van der Waals surface area contributed by atoms with Gasteiger partial charge in [-0.25, -0.2) is 43.6 Å². The fourth-order valence-corrected chi connectivity index (χ4v) is 9.67. The van der Waals surface area contributed by atoms with E-state index in [0.717, 1.165) is 24.3 Å². The molecular formula is C38H21CuN12O9S4-3. The Balaban J connectivity index is 0.00000518. The predicted octanol–water partition coefficient (Wildman–Crippen LogP) is 5.85. The molecule has 10 rings (SSSR count). The van der Waals surface area contributed by atoms with E-state index in [9.17, 15) is 38.8 Å². The van der Waals surface area contributed by atoms with Crippen molar-refractivity contribution in [3.8, 4) is 51.3 Å². The molecule has 325 valence electrons. The zero-order chi connectivity index (χ0) is 44.4. The summed E-state index contributed by atoms with van der Waals surface area (Å²) < 4.78 is 104. The van der Waals surface area contributed by atoms with Gasteiger partial charge in [-0.05, 0) is 82.2 Å². The molecule has 0 aliphatic carbocycles. The van der Waals surface area contributed by atoms with E-state index < -0.39 is 54.8 Å². The Kier molecular flexibility index (Phi) is 9.75. The van der Waals surface area contributed by atoms with Gasteiger partial charge >= 0.3 is 17.1 Å². The van der Waals surface area contributed by atoms with Crippen molar-refractivity contribution in [2.75, 3.05) is 4.72 Å². The average Bonchev–Trinajstić information content (AvgIpc) is 3.94. The molecule has 8 bridgehead atoms. The molecule has 5 aromatic carbocycles. The zero-order valence-corrected chi connectivity index (χ0v) is 35.7. The van der Waals surface area contributed by atoms with Gasteiger partial charge in [0.05, 0.1) is 64.0 Å². The maximum Gasteiger partial charge on any atom is 2.00 e. The first kappa shape index (κ1) is 42.6. The van der Waals surface area contributed by atoms with Crippen molar-refractivity contribution >= 4 is 89.9 Å². The molecule has 0 saturated carbocycles. The van der Waals surface area contributed by atoms with Gasteiger partial charge in [0.25, 0.3) is 10.0 Å². The van der Waals surface area contributed by atoms with Crippen LogP contribution in [0.5, 0.6) is 5.75 Å². The molecule has 0 saturated heterocycles. The summed E-state index contributed by atoms with van der Waals surface area (Å²) in [5.74, 6) is -0.656. The fourth-order valence-electron chi connectivity index (χ4n) is 7.03. The van der Waals surface area contributed by atoms with E-state index >= 15 is 0 Å². The Morgan fingerprint density at radius 3 is 1.28 bits per heavy atom. The summed E-state index contributed by atoms with van der Waals surface area (Å²) in [6.45, 7) is 0. The average molecular weight is 981 g/mol. The van der Waals surface area contributed by atoms with E-state index in [-0.39, 0.29) is 123 Å². The number of aromatic nitrogens is 8. The van der Waals surface area contributed by atoms with Crippen molar-refractivity contribution < 1.29 is 55.8 Å². The van der Waals surface area contributed by atoms with Gasteiger partial charge in [0.2, 0.25) is 0 Å². The van der Waals surface area contributed by atoms with Crippen molar-refractivity contribution in [3.05, 3.63) is 112 Å². The van der Waals surface area contributed by atoms with Crippen LogP contribution in [0.3, 0.4) is 0 Å². The molecule has 1 radical (unpaired) electrons. The number of rotatable bonds is 6. The Morgan fingerprint density at radius 2 is 0.828 bits per heavy atom. The van der Waals surface area contributed by atoms with Crippen LogP contribution in [-0.4, -0.2) is 68.7 Å². The van der Waals surface area contributed by atoms with E-state index in [4.69, 9.17) is 20.4 Å². The molecule has 26 heteroatoms. The topological polar surface area (TPSA) is 346 Å². The second-order valence-electron chi connectivity index (χ2n) is 14.0. The van der Waals surface area contributed by atoms with E-state index in [1.54, 1.807) is 0 Å². The molecule has 0 fully saturated rings. The smallest absolute Gasteiger partial charge is 0.560 e. The van der Waals surface area contributed by atoms with Gasteiger partial charge in [0, 0.05) is 65.6 Å². The van der Waals surface area contributed by atoms with Gasteiger partial charge < -0.3 is 50.4 Å².